The van der Waals surface area contributed by atoms with E-state index in [1.807, 2.05) is 24.0 Å². The molecule has 27 heavy (non-hydrogen) atoms. The number of hydrogen-bond acceptors (Lipinski definition) is 5. The second-order valence-corrected chi connectivity index (χ2v) is 7.18. The Kier molecular flexibility index (Phi) is 4.68. The monoisotopic (exact) mass is 369 g/mol. The number of benzene rings is 1. The average molecular weight is 369 g/mol. The van der Waals surface area contributed by atoms with Crippen LogP contribution in [0, 0.1) is 5.82 Å². The lowest BCUT2D eigenvalue weighted by atomic mass is 9.94. The normalized spacial score (nSPS) is 18.3. The Bertz CT molecular complexity index is 796. The second kappa shape index (κ2) is 7.13. The highest BCUT2D eigenvalue weighted by Gasteiger charge is 2.53. The van der Waals surface area contributed by atoms with Crippen molar-refractivity contribution in [2.45, 2.75) is 25.2 Å². The standard InChI is InChI=1S/C20H24FN5O/c1-2-22-17-7-8-18(24-23-17)25-11-13-26(14-12-25)19(27)20(9-10-20)15-3-5-16(21)6-4-15/h3-8H,2,9-14H2,1H3,(H,22,23). The van der Waals surface area contributed by atoms with Crippen molar-refractivity contribution in [3.63, 3.8) is 0 Å². The van der Waals surface area contributed by atoms with E-state index in [1.54, 1.807) is 12.1 Å². The van der Waals surface area contributed by atoms with Gasteiger partial charge in [-0.3, -0.25) is 4.79 Å². The van der Waals surface area contributed by atoms with Gasteiger partial charge in [-0.15, -0.1) is 10.2 Å². The van der Waals surface area contributed by atoms with E-state index >= 15 is 0 Å². The highest BCUT2D eigenvalue weighted by Crippen LogP contribution is 2.49. The zero-order chi connectivity index (χ0) is 18.9. The summed E-state index contributed by atoms with van der Waals surface area (Å²) in [5, 5.41) is 11.6. The first-order valence-electron chi connectivity index (χ1n) is 9.50. The summed E-state index contributed by atoms with van der Waals surface area (Å²) in [6.07, 6.45) is 1.68. The Labute approximate surface area is 158 Å². The second-order valence-electron chi connectivity index (χ2n) is 7.18. The zero-order valence-electron chi connectivity index (χ0n) is 15.5. The maximum atomic E-state index is 13.2. The smallest absolute Gasteiger partial charge is 0.233 e. The van der Waals surface area contributed by atoms with Gasteiger partial charge in [0.25, 0.3) is 0 Å². The van der Waals surface area contributed by atoms with Gasteiger partial charge in [0, 0.05) is 32.7 Å². The van der Waals surface area contributed by atoms with Crippen LogP contribution in [0.25, 0.3) is 0 Å². The van der Waals surface area contributed by atoms with Gasteiger partial charge >= 0.3 is 0 Å². The van der Waals surface area contributed by atoms with E-state index in [4.69, 9.17) is 0 Å². The van der Waals surface area contributed by atoms with Crippen molar-refractivity contribution >= 4 is 17.5 Å². The van der Waals surface area contributed by atoms with E-state index in [1.165, 1.54) is 12.1 Å². The Morgan fingerprint density at radius 1 is 1.07 bits per heavy atom. The molecule has 1 aromatic heterocycles. The summed E-state index contributed by atoms with van der Waals surface area (Å²) in [6, 6.07) is 10.3. The van der Waals surface area contributed by atoms with Gasteiger partial charge in [-0.25, -0.2) is 4.39 Å². The molecule has 1 aliphatic carbocycles. The van der Waals surface area contributed by atoms with Gasteiger partial charge in [0.2, 0.25) is 5.91 Å². The molecule has 1 N–H and O–H groups in total. The number of nitrogens with zero attached hydrogens (tertiary/aromatic N) is 4. The third kappa shape index (κ3) is 3.46. The number of carbonyl (C=O) groups excluding carboxylic acids is 1. The highest BCUT2D eigenvalue weighted by molar-refractivity contribution is 5.91. The first-order chi connectivity index (χ1) is 13.1. The Morgan fingerprint density at radius 2 is 1.78 bits per heavy atom. The number of hydrogen-bond donors (Lipinski definition) is 1. The van der Waals surface area contributed by atoms with Crippen molar-refractivity contribution in [3.8, 4) is 0 Å². The quantitative estimate of drug-likeness (QED) is 0.877. The molecule has 0 unspecified atom stereocenters. The third-order valence-corrected chi connectivity index (χ3v) is 5.46. The van der Waals surface area contributed by atoms with E-state index in [0.29, 0.717) is 13.1 Å². The lowest BCUT2D eigenvalue weighted by molar-refractivity contribution is -0.134. The van der Waals surface area contributed by atoms with Crippen molar-refractivity contribution < 1.29 is 9.18 Å². The van der Waals surface area contributed by atoms with Gasteiger partial charge in [0.05, 0.1) is 5.41 Å². The molecular weight excluding hydrogens is 345 g/mol. The van der Waals surface area contributed by atoms with Crippen LogP contribution in [0.15, 0.2) is 36.4 Å². The summed E-state index contributed by atoms with van der Waals surface area (Å²) in [4.78, 5) is 17.2. The summed E-state index contributed by atoms with van der Waals surface area (Å²) >= 11 is 0. The SMILES string of the molecule is CCNc1ccc(N2CCN(C(=O)C3(c4ccc(F)cc4)CC3)CC2)nn1. The molecule has 4 rings (SSSR count). The maximum Gasteiger partial charge on any atom is 0.233 e. The minimum absolute atomic E-state index is 0.169. The fourth-order valence-electron chi connectivity index (χ4n) is 3.73. The van der Waals surface area contributed by atoms with Crippen molar-refractivity contribution in [2.75, 3.05) is 42.9 Å². The number of halogens is 1. The molecule has 142 valence electrons. The lowest BCUT2D eigenvalue weighted by Crippen LogP contribution is -2.51. The van der Waals surface area contributed by atoms with Crippen LogP contribution < -0.4 is 10.2 Å². The Morgan fingerprint density at radius 3 is 2.33 bits per heavy atom. The van der Waals surface area contributed by atoms with Crippen LogP contribution in [-0.4, -0.2) is 53.7 Å². The van der Waals surface area contributed by atoms with Gasteiger partial charge in [0.1, 0.15) is 11.6 Å². The topological polar surface area (TPSA) is 61.4 Å². The molecule has 7 heteroatoms. The fraction of sp³-hybridized carbons (Fsp3) is 0.450. The van der Waals surface area contributed by atoms with Gasteiger partial charge in [-0.05, 0) is 49.6 Å². The van der Waals surface area contributed by atoms with Gasteiger partial charge in [-0.2, -0.15) is 0 Å². The van der Waals surface area contributed by atoms with Gasteiger partial charge in [0.15, 0.2) is 5.82 Å². The number of anilines is 2. The van der Waals surface area contributed by atoms with Crippen molar-refractivity contribution in [1.29, 1.82) is 0 Å². The number of nitrogens with one attached hydrogen (secondary N) is 1. The molecule has 1 aliphatic heterocycles. The number of carbonyl (C=O) groups is 1. The van der Waals surface area contributed by atoms with E-state index < -0.39 is 5.41 Å². The maximum absolute atomic E-state index is 13.2. The van der Waals surface area contributed by atoms with Crippen LogP contribution in [0.4, 0.5) is 16.0 Å². The van der Waals surface area contributed by atoms with Crippen LogP contribution in [-0.2, 0) is 10.2 Å². The highest BCUT2D eigenvalue weighted by atomic mass is 19.1. The molecule has 2 fully saturated rings. The minimum Gasteiger partial charge on any atom is -0.369 e. The van der Waals surface area contributed by atoms with Crippen molar-refractivity contribution in [2.24, 2.45) is 0 Å². The molecule has 1 saturated carbocycles. The molecule has 2 heterocycles. The van der Waals surface area contributed by atoms with Crippen molar-refractivity contribution in [3.05, 3.63) is 47.8 Å². The molecule has 6 nitrogen and oxygen atoms in total. The minimum atomic E-state index is -0.441. The van der Waals surface area contributed by atoms with E-state index in [2.05, 4.69) is 20.4 Å². The van der Waals surface area contributed by atoms with Crippen molar-refractivity contribution in [1.82, 2.24) is 15.1 Å². The summed E-state index contributed by atoms with van der Waals surface area (Å²) in [7, 11) is 0. The molecule has 0 atom stereocenters. The van der Waals surface area contributed by atoms with Crippen LogP contribution in [0.3, 0.4) is 0 Å². The number of amides is 1. The third-order valence-electron chi connectivity index (χ3n) is 5.46. The molecule has 1 amide bonds. The number of aromatic nitrogens is 2. The molecule has 0 spiro atoms. The van der Waals surface area contributed by atoms with Crippen LogP contribution in [0.2, 0.25) is 0 Å². The van der Waals surface area contributed by atoms with E-state index in [-0.39, 0.29) is 11.7 Å². The van der Waals surface area contributed by atoms with Crippen LogP contribution in [0.1, 0.15) is 25.3 Å². The molecule has 2 aliphatic rings. The molecule has 0 bridgehead atoms. The summed E-state index contributed by atoms with van der Waals surface area (Å²) in [5.74, 6) is 1.51. The summed E-state index contributed by atoms with van der Waals surface area (Å²) in [5.41, 5.74) is 0.490. The number of rotatable bonds is 5. The predicted molar refractivity (Wildman–Crippen MR) is 102 cm³/mol. The van der Waals surface area contributed by atoms with Gasteiger partial charge in [-0.1, -0.05) is 12.1 Å². The largest absolute Gasteiger partial charge is 0.369 e. The van der Waals surface area contributed by atoms with Crippen LogP contribution in [0.5, 0.6) is 0 Å². The fourth-order valence-corrected chi connectivity index (χ4v) is 3.73. The summed E-state index contributed by atoms with van der Waals surface area (Å²) < 4.78 is 13.2. The molecular formula is C20H24FN5O. The molecule has 1 aromatic carbocycles. The average Bonchev–Trinajstić information content (AvgIpc) is 3.51. The Balaban J connectivity index is 1.39. The van der Waals surface area contributed by atoms with Gasteiger partial charge < -0.3 is 15.1 Å². The van der Waals surface area contributed by atoms with E-state index in [9.17, 15) is 9.18 Å². The van der Waals surface area contributed by atoms with Crippen LogP contribution >= 0.6 is 0 Å². The first kappa shape index (κ1) is 17.7. The number of piperazine rings is 1. The predicted octanol–water partition coefficient (Wildman–Crippen LogP) is 2.43. The molecule has 2 aromatic rings. The lowest BCUT2D eigenvalue weighted by Gasteiger charge is -2.37. The molecule has 1 saturated heterocycles. The first-order valence-corrected chi connectivity index (χ1v) is 9.50. The Hall–Kier alpha value is -2.70. The van der Waals surface area contributed by atoms with E-state index in [0.717, 1.165) is 49.7 Å². The summed E-state index contributed by atoms with van der Waals surface area (Å²) in [6.45, 7) is 5.63. The molecule has 0 radical (unpaired) electrons. The zero-order valence-corrected chi connectivity index (χ0v) is 15.5.